The molecular formula is C15H8F3NO5. The minimum absolute atomic E-state index is 0.00489. The average molecular weight is 339 g/mol. The highest BCUT2D eigenvalue weighted by Gasteiger charge is 2.43. The molecule has 1 aromatic heterocycles. The molecule has 6 nitrogen and oxygen atoms in total. The van der Waals surface area contributed by atoms with E-state index in [1.807, 2.05) is 0 Å². The van der Waals surface area contributed by atoms with Gasteiger partial charge >= 0.3 is 12.1 Å². The Morgan fingerprint density at radius 1 is 1.12 bits per heavy atom. The van der Waals surface area contributed by atoms with E-state index in [1.54, 1.807) is 0 Å². The summed E-state index contributed by atoms with van der Waals surface area (Å²) in [6.45, 7) is 1.22. The summed E-state index contributed by atoms with van der Waals surface area (Å²) < 4.78 is 43.0. The molecule has 0 saturated carbocycles. The van der Waals surface area contributed by atoms with Gasteiger partial charge < -0.3 is 9.25 Å². The van der Waals surface area contributed by atoms with Gasteiger partial charge in [-0.05, 0) is 25.1 Å². The molecule has 0 saturated heterocycles. The van der Waals surface area contributed by atoms with Crippen LogP contribution in [0, 0.1) is 6.92 Å². The molecule has 2 heterocycles. The number of rotatable bonds is 2. The number of fused-ring (bicyclic) bond motifs is 1. The highest BCUT2D eigenvalue weighted by Crippen LogP contribution is 2.35. The molecule has 24 heavy (non-hydrogen) atoms. The Morgan fingerprint density at radius 2 is 1.67 bits per heavy atom. The molecule has 1 aliphatic heterocycles. The fourth-order valence-electron chi connectivity index (χ4n) is 2.26. The van der Waals surface area contributed by atoms with Gasteiger partial charge in [-0.25, -0.2) is 4.79 Å². The number of carbonyl (C=O) groups excluding carboxylic acids is 3. The molecule has 0 bridgehead atoms. The number of furan rings is 1. The van der Waals surface area contributed by atoms with E-state index >= 15 is 0 Å². The molecule has 2 amide bonds. The van der Waals surface area contributed by atoms with Gasteiger partial charge in [0.2, 0.25) is 5.76 Å². The van der Waals surface area contributed by atoms with E-state index in [9.17, 15) is 27.6 Å². The molecule has 0 spiro atoms. The third-order valence-corrected chi connectivity index (χ3v) is 3.26. The van der Waals surface area contributed by atoms with Crippen LogP contribution < -0.4 is 0 Å². The van der Waals surface area contributed by atoms with Crippen molar-refractivity contribution in [3.8, 4) is 0 Å². The van der Waals surface area contributed by atoms with Gasteiger partial charge in [0.05, 0.1) is 11.1 Å². The first-order chi connectivity index (χ1) is 11.2. The minimum Gasteiger partial charge on any atom is -0.456 e. The van der Waals surface area contributed by atoms with Crippen molar-refractivity contribution in [3.05, 3.63) is 58.5 Å². The molecule has 0 aliphatic carbocycles. The number of halogens is 3. The molecule has 9 heteroatoms. The lowest BCUT2D eigenvalue weighted by molar-refractivity contribution is -0.154. The first-order valence-electron chi connectivity index (χ1n) is 6.58. The Kier molecular flexibility index (Phi) is 3.43. The third-order valence-electron chi connectivity index (χ3n) is 3.26. The number of alkyl halides is 3. The van der Waals surface area contributed by atoms with Crippen LogP contribution in [-0.4, -0.2) is 22.8 Å². The number of amides is 2. The summed E-state index contributed by atoms with van der Waals surface area (Å²) in [5, 5.41) is 0.134. The van der Waals surface area contributed by atoms with Crippen molar-refractivity contribution in [1.29, 1.82) is 0 Å². The maximum atomic E-state index is 12.9. The summed E-state index contributed by atoms with van der Waals surface area (Å²) in [5.41, 5.74) is -0.930. The Balaban J connectivity index is 1.90. The zero-order valence-electron chi connectivity index (χ0n) is 12.0. The highest BCUT2D eigenvalue weighted by atomic mass is 19.4. The van der Waals surface area contributed by atoms with E-state index in [2.05, 4.69) is 9.25 Å². The van der Waals surface area contributed by atoms with Crippen LogP contribution >= 0.6 is 0 Å². The fourth-order valence-corrected chi connectivity index (χ4v) is 2.26. The summed E-state index contributed by atoms with van der Waals surface area (Å²) in [7, 11) is 0. The van der Waals surface area contributed by atoms with E-state index in [4.69, 9.17) is 0 Å². The van der Waals surface area contributed by atoms with Gasteiger partial charge in [-0.15, -0.1) is 0 Å². The maximum absolute atomic E-state index is 12.9. The van der Waals surface area contributed by atoms with E-state index in [-0.39, 0.29) is 22.0 Å². The molecular weight excluding hydrogens is 331 g/mol. The molecule has 1 aromatic carbocycles. The second kappa shape index (κ2) is 5.22. The fraction of sp³-hybridized carbons (Fsp3) is 0.133. The van der Waals surface area contributed by atoms with E-state index < -0.39 is 35.3 Å². The zero-order chi connectivity index (χ0) is 17.6. The average Bonchev–Trinajstić information content (AvgIpc) is 3.02. The Bertz CT molecular complexity index is 833. The number of carbonyl (C=O) groups is 3. The smallest absolute Gasteiger partial charge is 0.450 e. The van der Waals surface area contributed by atoms with Gasteiger partial charge in [0.25, 0.3) is 11.8 Å². The highest BCUT2D eigenvalue weighted by molar-refractivity contribution is 6.21. The van der Waals surface area contributed by atoms with Crippen molar-refractivity contribution < 1.29 is 36.8 Å². The van der Waals surface area contributed by atoms with Gasteiger partial charge in [0.1, 0.15) is 11.3 Å². The predicted octanol–water partition coefficient (Wildman–Crippen LogP) is 2.97. The molecule has 1 aliphatic rings. The van der Waals surface area contributed by atoms with Crippen molar-refractivity contribution in [1.82, 2.24) is 5.06 Å². The lowest BCUT2D eigenvalue weighted by atomic mass is 10.1. The Labute approximate surface area is 132 Å². The lowest BCUT2D eigenvalue weighted by Gasteiger charge is -2.13. The summed E-state index contributed by atoms with van der Waals surface area (Å²) in [5.74, 6) is -5.11. The summed E-state index contributed by atoms with van der Waals surface area (Å²) in [4.78, 5) is 40.7. The van der Waals surface area contributed by atoms with Crippen molar-refractivity contribution >= 4 is 17.8 Å². The molecule has 0 atom stereocenters. The second-order valence-electron chi connectivity index (χ2n) is 4.93. The van der Waals surface area contributed by atoms with Crippen molar-refractivity contribution in [2.45, 2.75) is 13.1 Å². The monoisotopic (exact) mass is 339 g/mol. The lowest BCUT2D eigenvalue weighted by Crippen LogP contribution is -2.33. The van der Waals surface area contributed by atoms with Crippen LogP contribution in [0.4, 0.5) is 13.2 Å². The van der Waals surface area contributed by atoms with Gasteiger partial charge in [-0.3, -0.25) is 9.59 Å². The summed E-state index contributed by atoms with van der Waals surface area (Å²) in [6, 6.07) is 6.50. The van der Waals surface area contributed by atoms with Crippen LogP contribution in [0.2, 0.25) is 0 Å². The molecule has 0 radical (unpaired) electrons. The first-order valence-corrected chi connectivity index (χ1v) is 6.58. The van der Waals surface area contributed by atoms with Gasteiger partial charge in [0, 0.05) is 0 Å². The minimum atomic E-state index is -4.93. The van der Waals surface area contributed by atoms with Crippen LogP contribution in [0.15, 0.2) is 34.7 Å². The molecule has 3 rings (SSSR count). The predicted molar refractivity (Wildman–Crippen MR) is 70.8 cm³/mol. The molecule has 0 unspecified atom stereocenters. The number of imide groups is 1. The maximum Gasteiger partial charge on any atom is 0.450 e. The molecule has 0 fully saturated rings. The van der Waals surface area contributed by atoms with Crippen molar-refractivity contribution in [2.24, 2.45) is 0 Å². The number of hydroxylamine groups is 2. The number of nitrogens with zero attached hydrogens (tertiary/aromatic N) is 1. The van der Waals surface area contributed by atoms with Crippen molar-refractivity contribution in [2.75, 3.05) is 0 Å². The van der Waals surface area contributed by atoms with Crippen LogP contribution in [0.25, 0.3) is 0 Å². The van der Waals surface area contributed by atoms with Gasteiger partial charge in [-0.2, -0.15) is 13.2 Å². The number of hydrogen-bond donors (Lipinski definition) is 0. The van der Waals surface area contributed by atoms with Crippen LogP contribution in [0.5, 0.6) is 0 Å². The van der Waals surface area contributed by atoms with Gasteiger partial charge in [-0.1, -0.05) is 17.2 Å². The van der Waals surface area contributed by atoms with Gasteiger partial charge in [0.15, 0.2) is 0 Å². The Hall–Kier alpha value is -3.10. The molecule has 2 aromatic rings. The topological polar surface area (TPSA) is 76.8 Å². The molecule has 124 valence electrons. The number of hydrogen-bond acceptors (Lipinski definition) is 5. The Morgan fingerprint density at radius 3 is 2.17 bits per heavy atom. The van der Waals surface area contributed by atoms with Crippen molar-refractivity contribution in [3.63, 3.8) is 0 Å². The SMILES string of the molecule is Cc1cc(C(=O)ON2C(=O)c3ccccc3C2=O)c(C(F)(F)F)o1. The molecule has 0 N–H and O–H groups in total. The summed E-state index contributed by atoms with van der Waals surface area (Å²) >= 11 is 0. The largest absolute Gasteiger partial charge is 0.456 e. The third kappa shape index (κ3) is 2.43. The van der Waals surface area contributed by atoms with E-state index in [1.165, 1.54) is 31.2 Å². The van der Waals surface area contributed by atoms with E-state index in [0.717, 1.165) is 6.07 Å². The van der Waals surface area contributed by atoms with E-state index in [0.29, 0.717) is 0 Å². The number of aryl methyl sites for hydroxylation is 1. The normalized spacial score (nSPS) is 14.1. The number of benzene rings is 1. The second-order valence-corrected chi connectivity index (χ2v) is 4.93. The quantitative estimate of drug-likeness (QED) is 0.786. The standard InChI is InChI=1S/C15H8F3NO5/c1-7-6-10(11(23-7)15(16,17)18)14(22)24-19-12(20)8-4-2-3-5-9(8)13(19)21/h2-6H,1H3. The first kappa shape index (κ1) is 15.8. The summed E-state index contributed by atoms with van der Waals surface area (Å²) in [6.07, 6.45) is -4.93. The van der Waals surface area contributed by atoms with Crippen LogP contribution in [0.3, 0.4) is 0 Å². The zero-order valence-corrected chi connectivity index (χ0v) is 12.0. The van der Waals surface area contributed by atoms with Crippen LogP contribution in [-0.2, 0) is 11.0 Å². The van der Waals surface area contributed by atoms with Crippen LogP contribution in [0.1, 0.15) is 42.6 Å².